The molecule has 1 saturated heterocycles. The van der Waals surface area contributed by atoms with E-state index < -0.39 is 0 Å². The van der Waals surface area contributed by atoms with Crippen molar-refractivity contribution in [3.63, 3.8) is 0 Å². The number of likely N-dealkylation sites (tertiary alicyclic amines) is 1. The Morgan fingerprint density at radius 3 is 2.00 bits per heavy atom. The predicted molar refractivity (Wildman–Crippen MR) is 68.6 cm³/mol. The molecule has 0 aromatic heterocycles. The Kier molecular flexibility index (Phi) is 5.99. The normalized spacial score (nSPS) is 20.2. The average Bonchev–Trinajstić information content (AvgIpc) is 2.19. The molecule has 2 heteroatoms. The van der Waals surface area contributed by atoms with Crippen molar-refractivity contribution >= 4 is 11.6 Å². The van der Waals surface area contributed by atoms with Crippen molar-refractivity contribution in [2.75, 3.05) is 25.5 Å². The highest BCUT2D eigenvalue weighted by Crippen LogP contribution is 2.40. The molecule has 0 bridgehead atoms. The summed E-state index contributed by atoms with van der Waals surface area (Å²) in [7, 11) is 0. The maximum absolute atomic E-state index is 5.77. The number of rotatable bonds is 8. The molecule has 1 nitrogen and oxygen atoms in total. The predicted octanol–water partition coefficient (Wildman–Crippen LogP) is 3.91. The molecular weight excluding hydrogens is 206 g/mol. The maximum Gasteiger partial charge on any atom is 0.0351 e. The summed E-state index contributed by atoms with van der Waals surface area (Å²) in [6.45, 7) is 8.28. The lowest BCUT2D eigenvalue weighted by atomic mass is 9.72. The van der Waals surface area contributed by atoms with Gasteiger partial charge in [-0.05, 0) is 18.3 Å². The molecule has 0 N–H and O–H groups in total. The fourth-order valence-corrected chi connectivity index (χ4v) is 2.96. The Morgan fingerprint density at radius 1 is 1.07 bits per heavy atom. The van der Waals surface area contributed by atoms with Crippen LogP contribution < -0.4 is 0 Å². The van der Waals surface area contributed by atoms with E-state index in [9.17, 15) is 0 Å². The standard InChI is InChI=1S/C13H26ClN/c1-3-5-7-13(8-6-4-2)11-15(12-13)10-9-14/h3-12H2,1-2H3. The van der Waals surface area contributed by atoms with Crippen molar-refractivity contribution in [1.29, 1.82) is 0 Å². The molecule has 0 amide bonds. The third-order valence-electron chi connectivity index (χ3n) is 3.64. The van der Waals surface area contributed by atoms with Crippen molar-refractivity contribution in [3.05, 3.63) is 0 Å². The third kappa shape index (κ3) is 3.96. The fraction of sp³-hybridized carbons (Fsp3) is 1.00. The number of nitrogens with zero attached hydrogens (tertiary/aromatic N) is 1. The highest BCUT2D eigenvalue weighted by molar-refractivity contribution is 6.18. The minimum absolute atomic E-state index is 0.665. The number of unbranched alkanes of at least 4 members (excludes halogenated alkanes) is 2. The SMILES string of the molecule is CCCCC1(CCCC)CN(CCCl)C1. The summed E-state index contributed by atoms with van der Waals surface area (Å²) in [5.41, 5.74) is 0.665. The minimum Gasteiger partial charge on any atom is -0.301 e. The molecule has 0 radical (unpaired) electrons. The molecule has 1 aliphatic heterocycles. The molecule has 0 spiro atoms. The van der Waals surface area contributed by atoms with Crippen LogP contribution in [0.1, 0.15) is 52.4 Å². The summed E-state index contributed by atoms with van der Waals surface area (Å²) in [6.07, 6.45) is 8.34. The van der Waals surface area contributed by atoms with Gasteiger partial charge in [0.05, 0.1) is 0 Å². The van der Waals surface area contributed by atoms with Crippen LogP contribution in [0.3, 0.4) is 0 Å². The highest BCUT2D eigenvalue weighted by atomic mass is 35.5. The van der Waals surface area contributed by atoms with Crippen LogP contribution >= 0.6 is 11.6 Å². The zero-order valence-electron chi connectivity index (χ0n) is 10.4. The number of hydrogen-bond acceptors (Lipinski definition) is 1. The Morgan fingerprint density at radius 2 is 1.60 bits per heavy atom. The van der Waals surface area contributed by atoms with Gasteiger partial charge in [0.25, 0.3) is 0 Å². The number of alkyl halides is 1. The van der Waals surface area contributed by atoms with E-state index >= 15 is 0 Å². The van der Waals surface area contributed by atoms with Crippen molar-refractivity contribution in [2.24, 2.45) is 5.41 Å². The van der Waals surface area contributed by atoms with Crippen LogP contribution in [0.25, 0.3) is 0 Å². The molecule has 1 rings (SSSR count). The second-order valence-corrected chi connectivity index (χ2v) is 5.48. The van der Waals surface area contributed by atoms with Gasteiger partial charge in [-0.2, -0.15) is 0 Å². The quantitative estimate of drug-likeness (QED) is 0.573. The molecule has 0 atom stereocenters. The Hall–Kier alpha value is 0.250. The molecule has 1 heterocycles. The second-order valence-electron chi connectivity index (χ2n) is 5.11. The van der Waals surface area contributed by atoms with Crippen LogP contribution in [0.5, 0.6) is 0 Å². The summed E-state index contributed by atoms with van der Waals surface area (Å²) >= 11 is 5.77. The maximum atomic E-state index is 5.77. The molecule has 1 aliphatic rings. The van der Waals surface area contributed by atoms with Gasteiger partial charge < -0.3 is 4.90 Å². The molecule has 0 saturated carbocycles. The molecule has 1 fully saturated rings. The lowest BCUT2D eigenvalue weighted by Crippen LogP contribution is -2.56. The Balaban J connectivity index is 2.29. The Labute approximate surface area is 100 Å². The third-order valence-corrected chi connectivity index (χ3v) is 3.81. The van der Waals surface area contributed by atoms with Gasteiger partial charge in [-0.25, -0.2) is 0 Å². The fourth-order valence-electron chi connectivity index (χ4n) is 2.72. The molecule has 90 valence electrons. The van der Waals surface area contributed by atoms with E-state index in [-0.39, 0.29) is 0 Å². The van der Waals surface area contributed by atoms with Gasteiger partial charge in [-0.1, -0.05) is 39.5 Å². The molecule has 15 heavy (non-hydrogen) atoms. The van der Waals surface area contributed by atoms with E-state index in [1.807, 2.05) is 0 Å². The van der Waals surface area contributed by atoms with Gasteiger partial charge in [-0.15, -0.1) is 11.6 Å². The van der Waals surface area contributed by atoms with Gasteiger partial charge in [0.15, 0.2) is 0 Å². The summed E-state index contributed by atoms with van der Waals surface area (Å²) in [6, 6.07) is 0. The monoisotopic (exact) mass is 231 g/mol. The van der Waals surface area contributed by atoms with Crippen molar-refractivity contribution in [3.8, 4) is 0 Å². The van der Waals surface area contributed by atoms with Gasteiger partial charge in [0.2, 0.25) is 0 Å². The van der Waals surface area contributed by atoms with Gasteiger partial charge >= 0.3 is 0 Å². The number of hydrogen-bond donors (Lipinski definition) is 0. The van der Waals surface area contributed by atoms with Crippen LogP contribution in [0.2, 0.25) is 0 Å². The van der Waals surface area contributed by atoms with E-state index in [1.165, 1.54) is 51.6 Å². The second kappa shape index (κ2) is 6.75. The summed E-state index contributed by atoms with van der Waals surface area (Å²) in [4.78, 5) is 2.51. The van der Waals surface area contributed by atoms with Gasteiger partial charge in [0, 0.05) is 25.5 Å². The van der Waals surface area contributed by atoms with Crippen molar-refractivity contribution in [1.82, 2.24) is 4.90 Å². The van der Waals surface area contributed by atoms with Crippen LogP contribution in [-0.4, -0.2) is 30.4 Å². The van der Waals surface area contributed by atoms with E-state index in [2.05, 4.69) is 18.7 Å². The lowest BCUT2D eigenvalue weighted by Gasteiger charge is -2.51. The minimum atomic E-state index is 0.665. The summed E-state index contributed by atoms with van der Waals surface area (Å²) < 4.78 is 0. The summed E-state index contributed by atoms with van der Waals surface area (Å²) in [5, 5.41) is 0. The van der Waals surface area contributed by atoms with Gasteiger partial charge in [0.1, 0.15) is 0 Å². The first kappa shape index (κ1) is 13.3. The van der Waals surface area contributed by atoms with E-state index in [0.29, 0.717) is 5.41 Å². The van der Waals surface area contributed by atoms with E-state index in [1.54, 1.807) is 0 Å². The van der Waals surface area contributed by atoms with Crippen LogP contribution in [-0.2, 0) is 0 Å². The smallest absolute Gasteiger partial charge is 0.0351 e. The topological polar surface area (TPSA) is 3.24 Å². The lowest BCUT2D eigenvalue weighted by molar-refractivity contribution is -0.0119. The van der Waals surface area contributed by atoms with Crippen LogP contribution in [0.4, 0.5) is 0 Å². The largest absolute Gasteiger partial charge is 0.301 e. The van der Waals surface area contributed by atoms with Crippen molar-refractivity contribution in [2.45, 2.75) is 52.4 Å². The first-order valence-corrected chi connectivity index (χ1v) is 7.08. The van der Waals surface area contributed by atoms with Crippen LogP contribution in [0.15, 0.2) is 0 Å². The first-order valence-electron chi connectivity index (χ1n) is 6.54. The van der Waals surface area contributed by atoms with Gasteiger partial charge in [-0.3, -0.25) is 0 Å². The number of halogens is 1. The molecular formula is C13H26ClN. The van der Waals surface area contributed by atoms with Crippen LogP contribution in [0, 0.1) is 5.41 Å². The average molecular weight is 232 g/mol. The molecule has 0 aliphatic carbocycles. The zero-order chi connectivity index (χ0) is 11.1. The zero-order valence-corrected chi connectivity index (χ0v) is 11.2. The first-order chi connectivity index (χ1) is 7.26. The molecule has 0 unspecified atom stereocenters. The summed E-state index contributed by atoms with van der Waals surface area (Å²) in [5.74, 6) is 0.789. The Bertz CT molecular complexity index is 154. The van der Waals surface area contributed by atoms with Crippen molar-refractivity contribution < 1.29 is 0 Å². The van der Waals surface area contributed by atoms with E-state index in [0.717, 1.165) is 12.4 Å². The van der Waals surface area contributed by atoms with E-state index in [4.69, 9.17) is 11.6 Å². The molecule has 0 aromatic carbocycles. The molecule has 0 aromatic rings. The highest BCUT2D eigenvalue weighted by Gasteiger charge is 2.40.